The Labute approximate surface area is 124 Å². The third-order valence-electron chi connectivity index (χ3n) is 3.99. The maximum absolute atomic E-state index is 11.6. The zero-order chi connectivity index (χ0) is 14.7. The van der Waals surface area contributed by atoms with Gasteiger partial charge < -0.3 is 10.0 Å². The number of piperazine rings is 1. The zero-order valence-corrected chi connectivity index (χ0v) is 12.7. The molecule has 20 heavy (non-hydrogen) atoms. The second-order valence-electron chi connectivity index (χ2n) is 5.47. The summed E-state index contributed by atoms with van der Waals surface area (Å²) in [5.41, 5.74) is 2.11. The average Bonchev–Trinajstić information content (AvgIpc) is 2.40. The monoisotopic (exact) mass is 296 g/mol. The van der Waals surface area contributed by atoms with Crippen molar-refractivity contribution >= 4 is 17.6 Å². The van der Waals surface area contributed by atoms with Gasteiger partial charge in [-0.05, 0) is 43.7 Å². The van der Waals surface area contributed by atoms with Crippen molar-refractivity contribution in [3.05, 3.63) is 34.3 Å². The zero-order valence-electron chi connectivity index (χ0n) is 12.0. The molecule has 0 bridgehead atoms. The lowest BCUT2D eigenvalue weighted by Crippen LogP contribution is -2.52. The van der Waals surface area contributed by atoms with Crippen molar-refractivity contribution in [2.24, 2.45) is 0 Å². The van der Waals surface area contributed by atoms with Crippen LogP contribution in [0.1, 0.15) is 11.1 Å². The third-order valence-corrected chi connectivity index (χ3v) is 4.22. The topological polar surface area (TPSA) is 43.8 Å². The lowest BCUT2D eigenvalue weighted by Gasteiger charge is -2.36. The van der Waals surface area contributed by atoms with Crippen molar-refractivity contribution in [2.45, 2.75) is 19.4 Å². The molecule has 2 rings (SSSR count). The Morgan fingerprint density at radius 3 is 2.60 bits per heavy atom. The van der Waals surface area contributed by atoms with Crippen LogP contribution in [0.2, 0.25) is 5.02 Å². The summed E-state index contributed by atoms with van der Waals surface area (Å²) in [5, 5.41) is 10.2. The molecule has 0 aromatic heterocycles. The van der Waals surface area contributed by atoms with Gasteiger partial charge in [-0.25, -0.2) is 0 Å². The number of nitrogens with zero attached hydrogens (tertiary/aromatic N) is 2. The van der Waals surface area contributed by atoms with Crippen LogP contribution in [0.25, 0.3) is 0 Å². The summed E-state index contributed by atoms with van der Waals surface area (Å²) in [4.78, 5) is 15.9. The molecule has 1 heterocycles. The Morgan fingerprint density at radius 2 is 2.00 bits per heavy atom. The highest BCUT2D eigenvalue weighted by Gasteiger charge is 2.28. The van der Waals surface area contributed by atoms with Crippen molar-refractivity contribution in [2.75, 3.05) is 33.2 Å². The number of carboxylic acid groups (broad SMARTS) is 1. The van der Waals surface area contributed by atoms with E-state index in [1.807, 2.05) is 25.1 Å². The van der Waals surface area contributed by atoms with E-state index in [4.69, 9.17) is 11.6 Å². The number of likely N-dealkylation sites (N-methyl/N-ethyl adjacent to an activating group) is 1. The molecule has 1 aliphatic rings. The summed E-state index contributed by atoms with van der Waals surface area (Å²) < 4.78 is 0. The molecule has 1 aromatic carbocycles. The van der Waals surface area contributed by atoms with E-state index in [2.05, 4.69) is 16.8 Å². The number of carboxylic acids is 1. The molecule has 1 aromatic rings. The van der Waals surface area contributed by atoms with Gasteiger partial charge in [-0.2, -0.15) is 0 Å². The van der Waals surface area contributed by atoms with Gasteiger partial charge in [0.1, 0.15) is 6.04 Å². The SMILES string of the molecule is Cc1ccc(Cl)cc1C[C@H](C(=O)O)N1CCN(C)CC1. The van der Waals surface area contributed by atoms with Crippen LogP contribution in [0.5, 0.6) is 0 Å². The first-order valence-electron chi connectivity index (χ1n) is 6.88. The molecule has 4 nitrogen and oxygen atoms in total. The van der Waals surface area contributed by atoms with Crippen LogP contribution in [0.15, 0.2) is 18.2 Å². The number of halogens is 1. The molecule has 0 amide bonds. The van der Waals surface area contributed by atoms with Gasteiger partial charge >= 0.3 is 5.97 Å². The van der Waals surface area contributed by atoms with Gasteiger partial charge in [0.05, 0.1) is 0 Å². The summed E-state index contributed by atoms with van der Waals surface area (Å²) in [6, 6.07) is 5.19. The fraction of sp³-hybridized carbons (Fsp3) is 0.533. The van der Waals surface area contributed by atoms with Crippen LogP contribution in [0.4, 0.5) is 0 Å². The van der Waals surface area contributed by atoms with E-state index in [-0.39, 0.29) is 0 Å². The largest absolute Gasteiger partial charge is 0.480 e. The molecule has 1 N–H and O–H groups in total. The molecule has 1 fully saturated rings. The van der Waals surface area contributed by atoms with Gasteiger partial charge in [-0.1, -0.05) is 17.7 Å². The Hall–Kier alpha value is -1.10. The lowest BCUT2D eigenvalue weighted by molar-refractivity contribution is -0.144. The van der Waals surface area contributed by atoms with Gasteiger partial charge in [-0.3, -0.25) is 9.69 Å². The second kappa shape index (κ2) is 6.57. The van der Waals surface area contributed by atoms with Crippen LogP contribution in [-0.4, -0.2) is 60.1 Å². The van der Waals surface area contributed by atoms with Gasteiger partial charge in [0.25, 0.3) is 0 Å². The van der Waals surface area contributed by atoms with Crippen molar-refractivity contribution in [3.63, 3.8) is 0 Å². The standard InChI is InChI=1S/C15H21ClN2O2/c1-11-3-4-13(16)9-12(11)10-14(15(19)20)18-7-5-17(2)6-8-18/h3-4,9,14H,5-8,10H2,1-2H3,(H,19,20)/t14-/m1/s1. The van der Waals surface area contributed by atoms with E-state index in [0.29, 0.717) is 11.4 Å². The smallest absolute Gasteiger partial charge is 0.321 e. The predicted molar refractivity (Wildman–Crippen MR) is 80.4 cm³/mol. The van der Waals surface area contributed by atoms with E-state index in [9.17, 15) is 9.90 Å². The number of aliphatic carboxylic acids is 1. The molecular formula is C15H21ClN2O2. The molecular weight excluding hydrogens is 276 g/mol. The molecule has 0 aliphatic carbocycles. The fourth-order valence-electron chi connectivity index (χ4n) is 2.57. The molecule has 1 atom stereocenters. The van der Waals surface area contributed by atoms with Crippen molar-refractivity contribution in [3.8, 4) is 0 Å². The Bertz CT molecular complexity index is 485. The van der Waals surface area contributed by atoms with Gasteiger partial charge in [0.15, 0.2) is 0 Å². The number of rotatable bonds is 4. The quantitative estimate of drug-likeness (QED) is 0.921. The van der Waals surface area contributed by atoms with Gasteiger partial charge in [0, 0.05) is 31.2 Å². The Morgan fingerprint density at radius 1 is 1.35 bits per heavy atom. The minimum absolute atomic E-state index is 0.471. The van der Waals surface area contributed by atoms with Crippen LogP contribution >= 0.6 is 11.6 Å². The third kappa shape index (κ3) is 3.72. The lowest BCUT2D eigenvalue weighted by atomic mass is 9.99. The van der Waals surface area contributed by atoms with E-state index >= 15 is 0 Å². The summed E-state index contributed by atoms with van der Waals surface area (Å²) >= 11 is 6.02. The molecule has 1 saturated heterocycles. The molecule has 0 radical (unpaired) electrons. The first kappa shape index (κ1) is 15.3. The second-order valence-corrected chi connectivity index (χ2v) is 5.90. The Balaban J connectivity index is 2.13. The summed E-state index contributed by atoms with van der Waals surface area (Å²) in [6.45, 7) is 5.42. The maximum atomic E-state index is 11.6. The number of benzene rings is 1. The molecule has 110 valence electrons. The molecule has 5 heteroatoms. The van der Waals surface area contributed by atoms with Gasteiger partial charge in [0.2, 0.25) is 0 Å². The van der Waals surface area contributed by atoms with Crippen LogP contribution in [0.3, 0.4) is 0 Å². The van der Waals surface area contributed by atoms with E-state index in [1.165, 1.54) is 0 Å². The molecule has 0 saturated carbocycles. The van der Waals surface area contributed by atoms with Crippen LogP contribution in [-0.2, 0) is 11.2 Å². The van der Waals surface area contributed by atoms with E-state index in [1.54, 1.807) is 0 Å². The van der Waals surface area contributed by atoms with Crippen LogP contribution in [0, 0.1) is 6.92 Å². The minimum Gasteiger partial charge on any atom is -0.480 e. The first-order chi connectivity index (χ1) is 9.47. The van der Waals surface area contributed by atoms with Crippen molar-refractivity contribution in [1.82, 2.24) is 9.80 Å². The number of carbonyl (C=O) groups is 1. The van der Waals surface area contributed by atoms with Crippen LogP contribution < -0.4 is 0 Å². The summed E-state index contributed by atoms with van der Waals surface area (Å²) in [7, 11) is 2.06. The normalized spacial score (nSPS) is 18.9. The highest BCUT2D eigenvalue weighted by atomic mass is 35.5. The Kier molecular flexibility index (Phi) is 5.02. The van der Waals surface area contributed by atoms with E-state index < -0.39 is 12.0 Å². The average molecular weight is 297 g/mol. The minimum atomic E-state index is -0.756. The maximum Gasteiger partial charge on any atom is 0.321 e. The molecule has 0 unspecified atom stereocenters. The number of hydrogen-bond acceptors (Lipinski definition) is 3. The highest BCUT2D eigenvalue weighted by molar-refractivity contribution is 6.30. The van der Waals surface area contributed by atoms with E-state index in [0.717, 1.165) is 37.3 Å². The number of hydrogen-bond donors (Lipinski definition) is 1. The summed E-state index contributed by atoms with van der Waals surface area (Å²) in [6.07, 6.45) is 0.505. The summed E-state index contributed by atoms with van der Waals surface area (Å²) in [5.74, 6) is -0.756. The fourth-order valence-corrected chi connectivity index (χ4v) is 2.77. The molecule has 1 aliphatic heterocycles. The first-order valence-corrected chi connectivity index (χ1v) is 7.25. The van der Waals surface area contributed by atoms with Crippen molar-refractivity contribution < 1.29 is 9.90 Å². The predicted octanol–water partition coefficient (Wildman–Crippen LogP) is 1.89. The number of aryl methyl sites for hydroxylation is 1. The van der Waals surface area contributed by atoms with Gasteiger partial charge in [-0.15, -0.1) is 0 Å². The molecule has 0 spiro atoms. The highest BCUT2D eigenvalue weighted by Crippen LogP contribution is 2.19. The van der Waals surface area contributed by atoms with Crippen molar-refractivity contribution in [1.29, 1.82) is 0 Å².